The molecule has 0 spiro atoms. The van der Waals surface area contributed by atoms with Crippen molar-refractivity contribution in [2.24, 2.45) is 0 Å². The van der Waals surface area contributed by atoms with Crippen LogP contribution < -0.4 is 0 Å². The van der Waals surface area contributed by atoms with Crippen molar-refractivity contribution in [2.45, 2.75) is 30.3 Å². The molecule has 2 heterocycles. The number of thioether (sulfide) groups is 2. The van der Waals surface area contributed by atoms with Crippen molar-refractivity contribution < 1.29 is 23.5 Å². The van der Waals surface area contributed by atoms with Gasteiger partial charge in [-0.3, -0.25) is 9.59 Å². The van der Waals surface area contributed by atoms with Crippen LogP contribution >= 0.6 is 35.1 Å². The number of methoxy groups -OCH3 is 2. The van der Waals surface area contributed by atoms with E-state index in [1.807, 2.05) is 42.5 Å². The third-order valence-corrected chi connectivity index (χ3v) is 9.01. The summed E-state index contributed by atoms with van der Waals surface area (Å²) in [4.78, 5) is 27.7. The van der Waals surface area contributed by atoms with Gasteiger partial charge in [-0.15, -0.1) is 23.5 Å². The van der Waals surface area contributed by atoms with Crippen LogP contribution in [-0.2, 0) is 19.1 Å². The fourth-order valence-electron chi connectivity index (χ4n) is 3.82. The highest BCUT2D eigenvalue weighted by Crippen LogP contribution is 2.42. The Bertz CT molecular complexity index is 1370. The zero-order valence-electron chi connectivity index (χ0n) is 20.7. The number of carbonyl (C=O) groups excluding carboxylic acids is 2. The molecule has 0 aliphatic carbocycles. The van der Waals surface area contributed by atoms with E-state index in [2.05, 4.69) is 12.1 Å². The molecule has 0 saturated carbocycles. The van der Waals surface area contributed by atoms with Crippen LogP contribution in [0.5, 0.6) is 0 Å². The van der Waals surface area contributed by atoms with Gasteiger partial charge >= 0.3 is 11.9 Å². The number of esters is 2. The van der Waals surface area contributed by atoms with Crippen LogP contribution in [0, 0.1) is 0 Å². The molecule has 0 fully saturated rings. The average molecular weight is 558 g/mol. The van der Waals surface area contributed by atoms with Crippen LogP contribution in [0.2, 0.25) is 5.02 Å². The van der Waals surface area contributed by atoms with Gasteiger partial charge in [0.2, 0.25) is 0 Å². The van der Waals surface area contributed by atoms with E-state index in [0.29, 0.717) is 23.6 Å². The topological polar surface area (TPSA) is 78.6 Å². The maximum Gasteiger partial charge on any atom is 0.305 e. The van der Waals surface area contributed by atoms with Crippen molar-refractivity contribution in [3.63, 3.8) is 0 Å². The van der Waals surface area contributed by atoms with Gasteiger partial charge in [-0.25, -0.2) is 4.98 Å². The molecule has 0 saturated heterocycles. The summed E-state index contributed by atoms with van der Waals surface area (Å²) in [5.41, 5.74) is 3.51. The summed E-state index contributed by atoms with van der Waals surface area (Å²) < 4.78 is 15.8. The second kappa shape index (κ2) is 13.2. The number of aromatic nitrogens is 1. The molecule has 0 amide bonds. The van der Waals surface area contributed by atoms with E-state index >= 15 is 0 Å². The molecule has 37 heavy (non-hydrogen) atoms. The fourth-order valence-corrected chi connectivity index (χ4v) is 6.68. The minimum atomic E-state index is -0.195. The van der Waals surface area contributed by atoms with Gasteiger partial charge in [0, 0.05) is 28.6 Å². The number of hydrogen-bond acceptors (Lipinski definition) is 8. The summed E-state index contributed by atoms with van der Waals surface area (Å²) in [6.45, 7) is 0. The van der Waals surface area contributed by atoms with E-state index < -0.39 is 0 Å². The number of pyridine rings is 1. The van der Waals surface area contributed by atoms with Crippen molar-refractivity contribution >= 4 is 68.9 Å². The second-order valence-electron chi connectivity index (χ2n) is 8.37. The van der Waals surface area contributed by atoms with Gasteiger partial charge in [-0.1, -0.05) is 29.8 Å². The Balaban J connectivity index is 1.52. The van der Waals surface area contributed by atoms with Gasteiger partial charge in [0.15, 0.2) is 5.76 Å². The number of ether oxygens (including phenoxy) is 2. The van der Waals surface area contributed by atoms with Gasteiger partial charge in [0.05, 0.1) is 24.3 Å². The zero-order valence-corrected chi connectivity index (χ0v) is 23.1. The number of nitrogens with zero attached hydrogens (tertiary/aromatic N) is 1. The summed E-state index contributed by atoms with van der Waals surface area (Å²) in [5.74, 6) is 1.95. The van der Waals surface area contributed by atoms with Crippen molar-refractivity contribution in [3.05, 3.63) is 65.2 Å². The lowest BCUT2D eigenvalue weighted by Gasteiger charge is -2.17. The van der Waals surface area contributed by atoms with Crippen molar-refractivity contribution in [3.8, 4) is 11.5 Å². The second-order valence-corrected chi connectivity index (χ2v) is 11.5. The molecule has 6 nitrogen and oxygen atoms in total. The Hall–Kier alpha value is -2.68. The molecule has 2 aromatic carbocycles. The van der Waals surface area contributed by atoms with Gasteiger partial charge in [-0.2, -0.15) is 0 Å². The summed E-state index contributed by atoms with van der Waals surface area (Å²) in [5, 5.41) is 2.66. The lowest BCUT2D eigenvalue weighted by molar-refractivity contribution is -0.141. The highest BCUT2D eigenvalue weighted by molar-refractivity contribution is 8.16. The summed E-state index contributed by atoms with van der Waals surface area (Å²) in [6.07, 6.45) is 2.28. The molecular weight excluding hydrogens is 530 g/mol. The van der Waals surface area contributed by atoms with E-state index in [4.69, 9.17) is 30.5 Å². The summed E-state index contributed by atoms with van der Waals surface area (Å²) in [7, 11) is 2.82. The Kier molecular flexibility index (Phi) is 9.77. The molecule has 9 heteroatoms. The van der Waals surface area contributed by atoms with E-state index in [1.165, 1.54) is 14.2 Å². The smallest absolute Gasteiger partial charge is 0.305 e. The Morgan fingerprint density at radius 2 is 1.57 bits per heavy atom. The molecule has 0 atom stereocenters. The van der Waals surface area contributed by atoms with Crippen LogP contribution in [0.3, 0.4) is 0 Å². The number of halogens is 1. The molecule has 0 radical (unpaired) electrons. The van der Waals surface area contributed by atoms with E-state index in [0.717, 1.165) is 57.5 Å². The van der Waals surface area contributed by atoms with E-state index in [1.54, 1.807) is 23.5 Å². The molecule has 0 aliphatic heterocycles. The van der Waals surface area contributed by atoms with Crippen LogP contribution in [0.1, 0.15) is 35.8 Å². The molecular formula is C28H28ClNO5S2. The predicted octanol–water partition coefficient (Wildman–Crippen LogP) is 7.67. The monoisotopic (exact) mass is 557 g/mol. The predicted molar refractivity (Wildman–Crippen MR) is 152 cm³/mol. The number of hydrogen-bond donors (Lipinski definition) is 0. The normalized spacial score (nSPS) is 11.4. The van der Waals surface area contributed by atoms with Gasteiger partial charge in [-0.05, 0) is 66.3 Å². The highest BCUT2D eigenvalue weighted by atomic mass is 35.5. The van der Waals surface area contributed by atoms with Crippen LogP contribution in [0.25, 0.3) is 33.3 Å². The highest BCUT2D eigenvalue weighted by Gasteiger charge is 2.16. The van der Waals surface area contributed by atoms with Crippen molar-refractivity contribution in [1.82, 2.24) is 4.98 Å². The zero-order chi connectivity index (χ0) is 26.2. The maximum atomic E-state index is 11.5. The molecule has 194 valence electrons. The van der Waals surface area contributed by atoms with Crippen LogP contribution in [-0.4, -0.2) is 42.6 Å². The van der Waals surface area contributed by atoms with Crippen LogP contribution in [0.15, 0.2) is 59.0 Å². The first-order valence-electron chi connectivity index (χ1n) is 11.9. The van der Waals surface area contributed by atoms with Gasteiger partial charge < -0.3 is 13.9 Å². The average Bonchev–Trinajstić information content (AvgIpc) is 3.34. The Labute approximate surface area is 229 Å². The first kappa shape index (κ1) is 27.4. The third kappa shape index (κ3) is 7.43. The molecule has 0 aliphatic rings. The van der Waals surface area contributed by atoms with Crippen LogP contribution in [0.4, 0.5) is 0 Å². The fraction of sp³-hybridized carbons (Fsp3) is 0.321. The first-order valence-corrected chi connectivity index (χ1v) is 14.4. The number of rotatable bonds is 12. The minimum Gasteiger partial charge on any atom is -0.469 e. The SMILES string of the molecule is COC(=O)CCCSC(SCCCC(=O)OC)c1ccc2oc(-c3ccc4ccc(Cl)cc4n3)cc2c1. The Morgan fingerprint density at radius 3 is 2.24 bits per heavy atom. The van der Waals surface area contributed by atoms with Crippen molar-refractivity contribution in [1.29, 1.82) is 0 Å². The quantitative estimate of drug-likeness (QED) is 0.0997. The first-order chi connectivity index (χ1) is 18.0. The number of fused-ring (bicyclic) bond motifs is 2. The third-order valence-electron chi connectivity index (χ3n) is 5.76. The largest absolute Gasteiger partial charge is 0.469 e. The molecule has 2 aromatic heterocycles. The molecule has 0 unspecified atom stereocenters. The minimum absolute atomic E-state index is 0.152. The standard InChI is InChI=1S/C28H28ClNO5S2/c1-33-26(31)5-3-13-36-28(37-14-4-6-27(32)34-2)19-9-12-24-20(15-19)16-25(35-24)22-11-8-18-7-10-21(29)17-23(18)30-22/h7-12,15-17,28H,3-6,13-14H2,1-2H3. The van der Waals surface area contributed by atoms with E-state index in [-0.39, 0.29) is 16.5 Å². The Morgan fingerprint density at radius 1 is 0.892 bits per heavy atom. The maximum absolute atomic E-state index is 11.5. The van der Waals surface area contributed by atoms with Crippen molar-refractivity contribution in [2.75, 3.05) is 25.7 Å². The summed E-state index contributed by atoms with van der Waals surface area (Å²) >= 11 is 9.73. The molecule has 0 N–H and O–H groups in total. The molecule has 4 aromatic rings. The number of furan rings is 1. The lowest BCUT2D eigenvalue weighted by atomic mass is 10.1. The van der Waals surface area contributed by atoms with E-state index in [9.17, 15) is 9.59 Å². The lowest BCUT2D eigenvalue weighted by Crippen LogP contribution is -2.02. The molecule has 0 bridgehead atoms. The van der Waals surface area contributed by atoms with Gasteiger partial charge in [0.1, 0.15) is 11.3 Å². The number of benzene rings is 2. The number of carbonyl (C=O) groups is 2. The van der Waals surface area contributed by atoms with Gasteiger partial charge in [0.25, 0.3) is 0 Å². The summed E-state index contributed by atoms with van der Waals surface area (Å²) in [6, 6.07) is 17.8. The molecule has 4 rings (SSSR count).